The van der Waals surface area contributed by atoms with Gasteiger partial charge in [-0.15, -0.1) is 11.3 Å². The molecule has 0 aliphatic carbocycles. The molecule has 0 aliphatic heterocycles. The van der Waals surface area contributed by atoms with Crippen LogP contribution in [-0.2, 0) is 24.3 Å². The van der Waals surface area contributed by atoms with Crippen LogP contribution in [0.15, 0.2) is 35.7 Å². The molecule has 180 valence electrons. The molecule has 8 heteroatoms. The van der Waals surface area contributed by atoms with E-state index >= 15 is 0 Å². The number of anilines is 1. The number of carboxylic acid groups (broad SMARTS) is 1. The van der Waals surface area contributed by atoms with E-state index < -0.39 is 5.97 Å². The molecule has 4 aromatic rings. The van der Waals surface area contributed by atoms with E-state index in [1.807, 2.05) is 6.07 Å². The summed E-state index contributed by atoms with van der Waals surface area (Å²) in [4.78, 5) is 20.0. The predicted molar refractivity (Wildman–Crippen MR) is 139 cm³/mol. The molecule has 7 nitrogen and oxygen atoms in total. The van der Waals surface area contributed by atoms with Crippen LogP contribution in [0.5, 0.6) is 0 Å². The number of nitrogen functional groups attached to an aromatic ring is 1. The van der Waals surface area contributed by atoms with Crippen LogP contribution in [0, 0.1) is 0 Å². The Morgan fingerprint density at radius 3 is 2.65 bits per heavy atom. The minimum absolute atomic E-state index is 0.259. The molecule has 0 saturated carbocycles. The number of aliphatic carboxylic acids is 1. The minimum atomic E-state index is -0.714. The number of pyridine rings is 1. The number of hydrogen-bond donors (Lipinski definition) is 3. The molecule has 0 bridgehead atoms. The minimum Gasteiger partial charge on any atom is -0.481 e. The molecule has 0 saturated heterocycles. The van der Waals surface area contributed by atoms with Crippen LogP contribution in [0.3, 0.4) is 0 Å². The molecule has 3 heterocycles. The lowest BCUT2D eigenvalue weighted by Gasteiger charge is -2.11. The number of benzene rings is 1. The normalized spacial score (nSPS) is 11.6. The Hall–Kier alpha value is -2.97. The number of fused-ring (bicyclic) bond motifs is 3. The van der Waals surface area contributed by atoms with Crippen molar-refractivity contribution in [3.8, 4) is 0 Å². The second-order valence-corrected chi connectivity index (χ2v) is 9.66. The first-order valence-electron chi connectivity index (χ1n) is 12.1. The maximum atomic E-state index is 10.6. The van der Waals surface area contributed by atoms with Gasteiger partial charge in [0.2, 0.25) is 0 Å². The van der Waals surface area contributed by atoms with Gasteiger partial charge in [0.15, 0.2) is 5.82 Å². The third kappa shape index (κ3) is 5.74. The average molecular weight is 480 g/mol. The SMILES string of the molecule is CCCCc1nc2c(N)nc3ccsc3c2n1Cc1ccc(CNCCCCCC(=O)O)cc1. The highest BCUT2D eigenvalue weighted by Gasteiger charge is 2.18. The molecule has 3 aromatic heterocycles. The highest BCUT2D eigenvalue weighted by Crippen LogP contribution is 2.33. The first-order valence-corrected chi connectivity index (χ1v) is 13.0. The first kappa shape index (κ1) is 24.2. The molecule has 0 unspecified atom stereocenters. The summed E-state index contributed by atoms with van der Waals surface area (Å²) in [5.41, 5.74) is 11.6. The smallest absolute Gasteiger partial charge is 0.303 e. The highest BCUT2D eigenvalue weighted by molar-refractivity contribution is 7.18. The number of aryl methyl sites for hydroxylation is 1. The lowest BCUT2D eigenvalue weighted by Crippen LogP contribution is -2.14. The van der Waals surface area contributed by atoms with E-state index in [4.69, 9.17) is 15.8 Å². The van der Waals surface area contributed by atoms with E-state index in [1.54, 1.807) is 11.3 Å². The Labute approximate surface area is 204 Å². The van der Waals surface area contributed by atoms with Gasteiger partial charge in [-0.25, -0.2) is 9.97 Å². The lowest BCUT2D eigenvalue weighted by atomic mass is 10.1. The molecule has 0 fully saturated rings. The van der Waals surface area contributed by atoms with Crippen molar-refractivity contribution in [3.63, 3.8) is 0 Å². The fourth-order valence-electron chi connectivity index (χ4n) is 4.24. The largest absolute Gasteiger partial charge is 0.481 e. The van der Waals surface area contributed by atoms with E-state index in [-0.39, 0.29) is 6.42 Å². The van der Waals surface area contributed by atoms with E-state index in [0.717, 1.165) is 85.2 Å². The molecule has 4 N–H and O–H groups in total. The third-order valence-corrected chi connectivity index (χ3v) is 6.99. The Morgan fingerprint density at radius 2 is 1.88 bits per heavy atom. The summed E-state index contributed by atoms with van der Waals surface area (Å²) >= 11 is 1.69. The van der Waals surface area contributed by atoms with Gasteiger partial charge in [-0.2, -0.15) is 0 Å². The zero-order valence-electron chi connectivity index (χ0n) is 19.7. The summed E-state index contributed by atoms with van der Waals surface area (Å²) in [5.74, 6) is 0.857. The van der Waals surface area contributed by atoms with Gasteiger partial charge < -0.3 is 20.7 Å². The Kier molecular flexibility index (Phi) is 8.13. The number of carboxylic acids is 1. The summed E-state index contributed by atoms with van der Waals surface area (Å²) < 4.78 is 3.47. The Bertz CT molecular complexity index is 1250. The first-order chi connectivity index (χ1) is 16.6. The van der Waals surface area contributed by atoms with Crippen molar-refractivity contribution in [2.24, 2.45) is 0 Å². The number of thiophene rings is 1. The molecular weight excluding hydrogens is 446 g/mol. The van der Waals surface area contributed by atoms with Crippen molar-refractivity contribution in [1.82, 2.24) is 19.9 Å². The topological polar surface area (TPSA) is 106 Å². The number of nitrogens with zero attached hydrogens (tertiary/aromatic N) is 3. The van der Waals surface area contributed by atoms with Gasteiger partial charge in [0.1, 0.15) is 11.3 Å². The number of nitrogens with one attached hydrogen (secondary N) is 1. The van der Waals surface area contributed by atoms with Crippen molar-refractivity contribution in [1.29, 1.82) is 0 Å². The molecule has 0 aliphatic rings. The quantitative estimate of drug-likeness (QED) is 0.223. The summed E-state index contributed by atoms with van der Waals surface area (Å²) in [6.45, 7) is 4.66. The second kappa shape index (κ2) is 11.4. The van der Waals surface area contributed by atoms with Crippen molar-refractivity contribution in [2.75, 3.05) is 12.3 Å². The van der Waals surface area contributed by atoms with Gasteiger partial charge in [0, 0.05) is 25.9 Å². The van der Waals surface area contributed by atoms with Gasteiger partial charge >= 0.3 is 5.97 Å². The number of imidazole rings is 1. The molecular formula is C26H33N5O2S. The lowest BCUT2D eigenvalue weighted by molar-refractivity contribution is -0.137. The molecule has 0 radical (unpaired) electrons. The van der Waals surface area contributed by atoms with Gasteiger partial charge in [-0.05, 0) is 48.4 Å². The number of hydrogen-bond acceptors (Lipinski definition) is 6. The zero-order chi connectivity index (χ0) is 23.9. The molecule has 34 heavy (non-hydrogen) atoms. The van der Waals surface area contributed by atoms with Gasteiger partial charge in [0.05, 0.1) is 15.7 Å². The number of nitrogens with two attached hydrogens (primary N) is 1. The molecule has 0 spiro atoms. The van der Waals surface area contributed by atoms with Crippen molar-refractivity contribution < 1.29 is 9.90 Å². The monoisotopic (exact) mass is 479 g/mol. The van der Waals surface area contributed by atoms with Crippen molar-refractivity contribution >= 4 is 44.4 Å². The summed E-state index contributed by atoms with van der Waals surface area (Å²) in [5, 5.41) is 14.2. The van der Waals surface area contributed by atoms with Crippen LogP contribution in [-0.4, -0.2) is 32.2 Å². The number of unbranched alkanes of at least 4 members (excludes halogenated alkanes) is 3. The van der Waals surface area contributed by atoms with Crippen LogP contribution in [0.1, 0.15) is 62.4 Å². The van der Waals surface area contributed by atoms with Crippen molar-refractivity contribution in [3.05, 3.63) is 52.7 Å². The van der Waals surface area contributed by atoms with Crippen LogP contribution < -0.4 is 11.1 Å². The van der Waals surface area contributed by atoms with Gasteiger partial charge in [-0.1, -0.05) is 44.0 Å². The molecule has 0 amide bonds. The number of carbonyl (C=O) groups is 1. The fourth-order valence-corrected chi connectivity index (χ4v) is 5.12. The van der Waals surface area contributed by atoms with E-state index in [0.29, 0.717) is 5.82 Å². The van der Waals surface area contributed by atoms with Crippen LogP contribution in [0.25, 0.3) is 21.3 Å². The summed E-state index contributed by atoms with van der Waals surface area (Å²) in [7, 11) is 0. The third-order valence-electron chi connectivity index (χ3n) is 6.08. The van der Waals surface area contributed by atoms with Gasteiger partial charge in [0.25, 0.3) is 0 Å². The highest BCUT2D eigenvalue weighted by atomic mass is 32.1. The molecule has 1 aromatic carbocycles. The van der Waals surface area contributed by atoms with Crippen LogP contribution >= 0.6 is 11.3 Å². The zero-order valence-corrected chi connectivity index (χ0v) is 20.5. The Balaban J connectivity index is 1.45. The summed E-state index contributed by atoms with van der Waals surface area (Å²) in [6, 6.07) is 10.8. The van der Waals surface area contributed by atoms with Crippen LogP contribution in [0.4, 0.5) is 5.82 Å². The Morgan fingerprint density at radius 1 is 1.09 bits per heavy atom. The van der Waals surface area contributed by atoms with E-state index in [9.17, 15) is 4.79 Å². The molecule has 0 atom stereocenters. The maximum absolute atomic E-state index is 10.6. The maximum Gasteiger partial charge on any atom is 0.303 e. The second-order valence-electron chi connectivity index (χ2n) is 8.74. The van der Waals surface area contributed by atoms with E-state index in [2.05, 4.69) is 51.4 Å². The van der Waals surface area contributed by atoms with E-state index in [1.165, 1.54) is 11.1 Å². The molecule has 4 rings (SSSR count). The number of rotatable bonds is 13. The average Bonchev–Trinajstić information content (AvgIpc) is 3.42. The predicted octanol–water partition coefficient (Wildman–Crippen LogP) is 5.35. The number of aromatic nitrogens is 3. The summed E-state index contributed by atoms with van der Waals surface area (Å²) in [6.07, 6.45) is 6.07. The van der Waals surface area contributed by atoms with Gasteiger partial charge in [-0.3, -0.25) is 4.79 Å². The fraction of sp³-hybridized carbons (Fsp3) is 0.423. The standard InChI is InChI=1S/C26H33N5O2S/c1-2-3-7-21-30-23-24(25-20(13-15-34-25)29-26(23)27)31(21)17-19-11-9-18(10-12-19)16-28-14-6-4-5-8-22(32)33/h9-13,15,28H,2-8,14,16-17H2,1H3,(H2,27,29)(H,32,33). The van der Waals surface area contributed by atoms with Crippen molar-refractivity contribution in [2.45, 2.75) is 65.0 Å². The van der Waals surface area contributed by atoms with Crippen LogP contribution in [0.2, 0.25) is 0 Å².